The SMILES string of the molecule is C[C@]1(CCc2ccccc2)NC(=O)N(CC(=O)c2ccccc2)C1=O. The van der Waals surface area contributed by atoms with Crippen LogP contribution in [0.3, 0.4) is 0 Å². The summed E-state index contributed by atoms with van der Waals surface area (Å²) >= 11 is 0. The van der Waals surface area contributed by atoms with Crippen LogP contribution in [0.25, 0.3) is 0 Å². The average molecular weight is 336 g/mol. The van der Waals surface area contributed by atoms with Crippen LogP contribution < -0.4 is 5.32 Å². The molecule has 1 heterocycles. The van der Waals surface area contributed by atoms with Crippen molar-refractivity contribution in [2.45, 2.75) is 25.3 Å². The maximum atomic E-state index is 12.7. The van der Waals surface area contributed by atoms with Crippen LogP contribution >= 0.6 is 0 Å². The number of nitrogens with one attached hydrogen (secondary N) is 1. The monoisotopic (exact) mass is 336 g/mol. The normalized spacial score (nSPS) is 19.8. The Hall–Kier alpha value is -2.95. The highest BCUT2D eigenvalue weighted by Gasteiger charge is 2.47. The summed E-state index contributed by atoms with van der Waals surface area (Å²) in [6.45, 7) is 1.47. The molecule has 2 aromatic carbocycles. The summed E-state index contributed by atoms with van der Waals surface area (Å²) in [7, 11) is 0. The Labute approximate surface area is 146 Å². The van der Waals surface area contributed by atoms with Gasteiger partial charge in [0.1, 0.15) is 5.54 Å². The summed E-state index contributed by atoms with van der Waals surface area (Å²) in [4.78, 5) is 38.3. The summed E-state index contributed by atoms with van der Waals surface area (Å²) in [5.74, 6) is -0.603. The zero-order valence-corrected chi connectivity index (χ0v) is 14.1. The quantitative estimate of drug-likeness (QED) is 0.651. The van der Waals surface area contributed by atoms with Crippen molar-refractivity contribution >= 4 is 17.7 Å². The Morgan fingerprint density at radius 3 is 2.24 bits per heavy atom. The fraction of sp³-hybridized carbons (Fsp3) is 0.250. The molecule has 128 valence electrons. The molecule has 0 bridgehead atoms. The predicted octanol–water partition coefficient (Wildman–Crippen LogP) is 2.81. The van der Waals surface area contributed by atoms with E-state index in [0.717, 1.165) is 10.5 Å². The molecule has 2 aromatic rings. The van der Waals surface area contributed by atoms with Crippen molar-refractivity contribution in [3.05, 3.63) is 71.8 Å². The Morgan fingerprint density at radius 1 is 1.00 bits per heavy atom. The number of urea groups is 1. The second kappa shape index (κ2) is 6.89. The van der Waals surface area contributed by atoms with Crippen LogP contribution in [0, 0.1) is 0 Å². The number of carbonyl (C=O) groups is 3. The topological polar surface area (TPSA) is 66.5 Å². The molecule has 3 rings (SSSR count). The lowest BCUT2D eigenvalue weighted by atomic mass is 9.93. The summed E-state index contributed by atoms with van der Waals surface area (Å²) in [6.07, 6.45) is 1.15. The number of hydrogen-bond donors (Lipinski definition) is 1. The van der Waals surface area contributed by atoms with Crippen LogP contribution in [-0.4, -0.2) is 34.7 Å². The number of rotatable bonds is 6. The predicted molar refractivity (Wildman–Crippen MR) is 94.2 cm³/mol. The second-order valence-electron chi connectivity index (χ2n) is 6.43. The van der Waals surface area contributed by atoms with E-state index in [1.807, 2.05) is 36.4 Å². The molecule has 1 fully saturated rings. The molecule has 0 saturated carbocycles. The first-order chi connectivity index (χ1) is 12.0. The number of Topliss-reactive ketones (excluding diaryl/α,β-unsaturated/α-hetero) is 1. The minimum absolute atomic E-state index is 0.240. The third-order valence-electron chi connectivity index (χ3n) is 4.50. The molecular weight excluding hydrogens is 316 g/mol. The molecular formula is C20H20N2O3. The van der Waals surface area contributed by atoms with E-state index >= 15 is 0 Å². The molecule has 0 spiro atoms. The largest absolute Gasteiger partial charge is 0.325 e. The van der Waals surface area contributed by atoms with E-state index in [4.69, 9.17) is 0 Å². The summed E-state index contributed by atoms with van der Waals surface area (Å²) in [5, 5.41) is 2.74. The van der Waals surface area contributed by atoms with Crippen LogP contribution in [0.4, 0.5) is 4.79 Å². The van der Waals surface area contributed by atoms with Crippen LogP contribution in [0.5, 0.6) is 0 Å². The van der Waals surface area contributed by atoms with E-state index in [2.05, 4.69) is 5.32 Å². The van der Waals surface area contributed by atoms with Gasteiger partial charge in [0.15, 0.2) is 5.78 Å². The summed E-state index contributed by atoms with van der Waals surface area (Å²) in [5.41, 5.74) is 0.606. The van der Waals surface area contributed by atoms with Gasteiger partial charge >= 0.3 is 6.03 Å². The van der Waals surface area contributed by atoms with Gasteiger partial charge in [-0.1, -0.05) is 60.7 Å². The van der Waals surface area contributed by atoms with E-state index in [0.29, 0.717) is 18.4 Å². The highest BCUT2D eigenvalue weighted by atomic mass is 16.2. The van der Waals surface area contributed by atoms with Crippen molar-refractivity contribution in [2.24, 2.45) is 0 Å². The third kappa shape index (κ3) is 3.60. The molecule has 0 aromatic heterocycles. The maximum Gasteiger partial charge on any atom is 0.325 e. The van der Waals surface area contributed by atoms with Crippen LogP contribution in [-0.2, 0) is 11.2 Å². The molecule has 5 heteroatoms. The van der Waals surface area contributed by atoms with Crippen molar-refractivity contribution in [2.75, 3.05) is 6.54 Å². The lowest BCUT2D eigenvalue weighted by molar-refractivity contribution is -0.130. The number of carbonyl (C=O) groups excluding carboxylic acids is 3. The van der Waals surface area contributed by atoms with Crippen LogP contribution in [0.1, 0.15) is 29.3 Å². The molecule has 0 radical (unpaired) electrons. The van der Waals surface area contributed by atoms with E-state index < -0.39 is 11.6 Å². The van der Waals surface area contributed by atoms with E-state index in [1.165, 1.54) is 0 Å². The van der Waals surface area contributed by atoms with Gasteiger partial charge in [0.2, 0.25) is 0 Å². The molecule has 25 heavy (non-hydrogen) atoms. The van der Waals surface area contributed by atoms with E-state index in [-0.39, 0.29) is 18.2 Å². The van der Waals surface area contributed by atoms with E-state index in [9.17, 15) is 14.4 Å². The zero-order chi connectivity index (χ0) is 17.9. The zero-order valence-electron chi connectivity index (χ0n) is 14.1. The molecule has 1 aliphatic rings. The number of aryl methyl sites for hydroxylation is 1. The molecule has 1 aliphatic heterocycles. The second-order valence-corrected chi connectivity index (χ2v) is 6.43. The van der Waals surface area contributed by atoms with Crippen molar-refractivity contribution < 1.29 is 14.4 Å². The summed E-state index contributed by atoms with van der Waals surface area (Å²) < 4.78 is 0. The number of nitrogens with zero attached hydrogens (tertiary/aromatic N) is 1. The van der Waals surface area contributed by atoms with Crippen molar-refractivity contribution in [3.8, 4) is 0 Å². The Balaban J connectivity index is 1.68. The fourth-order valence-electron chi connectivity index (χ4n) is 2.96. The van der Waals surface area contributed by atoms with Gasteiger partial charge in [0, 0.05) is 5.56 Å². The lowest BCUT2D eigenvalue weighted by Crippen LogP contribution is -2.44. The molecule has 5 nitrogen and oxygen atoms in total. The van der Waals surface area contributed by atoms with Gasteiger partial charge in [-0.25, -0.2) is 4.79 Å². The first-order valence-electron chi connectivity index (χ1n) is 8.26. The van der Waals surface area contributed by atoms with Gasteiger partial charge in [0.25, 0.3) is 5.91 Å². The first kappa shape index (κ1) is 16.9. The van der Waals surface area contributed by atoms with Gasteiger partial charge in [-0.05, 0) is 25.3 Å². The molecule has 0 unspecified atom stereocenters. The number of hydrogen-bond acceptors (Lipinski definition) is 3. The molecule has 0 aliphatic carbocycles. The van der Waals surface area contributed by atoms with Gasteiger partial charge in [-0.3, -0.25) is 14.5 Å². The van der Waals surface area contributed by atoms with Crippen LogP contribution in [0.2, 0.25) is 0 Å². The Bertz CT molecular complexity index is 789. The van der Waals surface area contributed by atoms with Gasteiger partial charge in [-0.2, -0.15) is 0 Å². The summed E-state index contributed by atoms with van der Waals surface area (Å²) in [6, 6.07) is 18.0. The van der Waals surface area contributed by atoms with Gasteiger partial charge in [-0.15, -0.1) is 0 Å². The lowest BCUT2D eigenvalue weighted by Gasteiger charge is -2.21. The van der Waals surface area contributed by atoms with E-state index in [1.54, 1.807) is 31.2 Å². The van der Waals surface area contributed by atoms with Crippen molar-refractivity contribution in [1.29, 1.82) is 0 Å². The molecule has 1 N–H and O–H groups in total. The minimum atomic E-state index is -0.982. The number of amides is 3. The Morgan fingerprint density at radius 2 is 1.60 bits per heavy atom. The molecule has 3 amide bonds. The average Bonchev–Trinajstić information content (AvgIpc) is 2.85. The van der Waals surface area contributed by atoms with Gasteiger partial charge in [0.05, 0.1) is 6.54 Å². The number of imide groups is 1. The first-order valence-corrected chi connectivity index (χ1v) is 8.26. The highest BCUT2D eigenvalue weighted by molar-refractivity contribution is 6.10. The molecule has 1 saturated heterocycles. The third-order valence-corrected chi connectivity index (χ3v) is 4.50. The smallest absolute Gasteiger partial charge is 0.323 e. The maximum absolute atomic E-state index is 12.7. The fourth-order valence-corrected chi connectivity index (χ4v) is 2.96. The number of ketones is 1. The minimum Gasteiger partial charge on any atom is -0.323 e. The van der Waals surface area contributed by atoms with Crippen molar-refractivity contribution in [3.63, 3.8) is 0 Å². The van der Waals surface area contributed by atoms with Gasteiger partial charge < -0.3 is 5.32 Å². The number of benzene rings is 2. The standard InChI is InChI=1S/C20H20N2O3/c1-20(13-12-15-8-4-2-5-9-15)18(24)22(19(25)21-20)14-17(23)16-10-6-3-7-11-16/h2-11H,12-14H2,1H3,(H,21,25)/t20-/m1/s1. The molecule has 1 atom stereocenters. The van der Waals surface area contributed by atoms with Crippen LogP contribution in [0.15, 0.2) is 60.7 Å². The highest BCUT2D eigenvalue weighted by Crippen LogP contribution is 2.23. The van der Waals surface area contributed by atoms with Crippen molar-refractivity contribution in [1.82, 2.24) is 10.2 Å². The Kier molecular flexibility index (Phi) is 4.65.